The quantitative estimate of drug-likeness (QED) is 0.530. The summed E-state index contributed by atoms with van der Waals surface area (Å²) in [5.74, 6) is 0.767. The first-order valence-corrected chi connectivity index (χ1v) is 11.2. The van der Waals surface area contributed by atoms with Gasteiger partial charge in [0.2, 0.25) is 0 Å². The highest BCUT2D eigenvalue weighted by molar-refractivity contribution is 7.16. The maximum absolute atomic E-state index is 12.1. The van der Waals surface area contributed by atoms with Gasteiger partial charge in [0.05, 0.1) is 35.9 Å². The lowest BCUT2D eigenvalue weighted by Crippen LogP contribution is -2.41. The van der Waals surface area contributed by atoms with Crippen LogP contribution in [0.1, 0.15) is 44.3 Å². The van der Waals surface area contributed by atoms with Crippen LogP contribution in [0.15, 0.2) is 22.6 Å². The van der Waals surface area contributed by atoms with E-state index in [1.807, 2.05) is 25.1 Å². The Morgan fingerprint density at radius 2 is 2.23 bits per heavy atom. The summed E-state index contributed by atoms with van der Waals surface area (Å²) in [6.07, 6.45) is 0.718. The third-order valence-electron chi connectivity index (χ3n) is 5.24. The first-order valence-electron chi connectivity index (χ1n) is 10.4. The van der Waals surface area contributed by atoms with Gasteiger partial charge in [-0.3, -0.25) is 5.32 Å². The number of hydrogen-bond acceptors (Lipinski definition) is 8. The third kappa shape index (κ3) is 4.31. The van der Waals surface area contributed by atoms with Crippen molar-refractivity contribution in [3.05, 3.63) is 28.8 Å². The summed E-state index contributed by atoms with van der Waals surface area (Å²) in [7, 11) is 0. The van der Waals surface area contributed by atoms with Gasteiger partial charge in [0, 0.05) is 18.5 Å². The van der Waals surface area contributed by atoms with Gasteiger partial charge in [-0.05, 0) is 39.8 Å². The topological polar surface area (TPSA) is 113 Å². The smallest absolute Gasteiger partial charge is 0.321 e. The monoisotopic (exact) mass is 445 g/mol. The van der Waals surface area contributed by atoms with Crippen molar-refractivity contribution in [1.82, 2.24) is 15.3 Å². The van der Waals surface area contributed by atoms with E-state index in [1.54, 1.807) is 6.92 Å². The molecule has 4 rings (SSSR count). The number of urea groups is 1. The first kappa shape index (κ1) is 21.4. The SMILES string of the molecule is CCOc1ccc2oc(N3[C@H](C)Cc4nc(NC(=O)N[C@H](C)CO)sc4[C@@H]3C)nc2c1. The van der Waals surface area contributed by atoms with E-state index < -0.39 is 0 Å². The molecule has 0 aliphatic carbocycles. The molecular weight excluding hydrogens is 418 g/mol. The molecule has 2 aromatic heterocycles. The van der Waals surface area contributed by atoms with Crippen molar-refractivity contribution in [3.63, 3.8) is 0 Å². The number of nitrogens with one attached hydrogen (secondary N) is 2. The molecule has 1 aromatic carbocycles. The molecule has 1 aliphatic heterocycles. The molecule has 1 aliphatic rings. The summed E-state index contributed by atoms with van der Waals surface area (Å²) in [4.78, 5) is 24.6. The Bertz CT molecular complexity index is 1080. The van der Waals surface area contributed by atoms with Crippen molar-refractivity contribution in [3.8, 4) is 5.75 Å². The molecule has 0 bridgehead atoms. The molecule has 0 saturated heterocycles. The molecule has 0 unspecified atom stereocenters. The van der Waals surface area contributed by atoms with Crippen LogP contribution in [0.4, 0.5) is 15.9 Å². The molecule has 166 valence electrons. The zero-order valence-electron chi connectivity index (χ0n) is 18.0. The van der Waals surface area contributed by atoms with Gasteiger partial charge in [0.15, 0.2) is 10.7 Å². The highest BCUT2D eigenvalue weighted by Gasteiger charge is 2.35. The molecule has 2 amide bonds. The Morgan fingerprint density at radius 1 is 1.42 bits per heavy atom. The molecule has 3 N–H and O–H groups in total. The lowest BCUT2D eigenvalue weighted by Gasteiger charge is -2.36. The van der Waals surface area contributed by atoms with E-state index in [0.29, 0.717) is 23.3 Å². The fourth-order valence-electron chi connectivity index (χ4n) is 3.79. The van der Waals surface area contributed by atoms with E-state index >= 15 is 0 Å². The minimum absolute atomic E-state index is 0.00866. The molecule has 3 atom stereocenters. The summed E-state index contributed by atoms with van der Waals surface area (Å²) in [6.45, 7) is 8.35. The average molecular weight is 446 g/mol. The fourth-order valence-corrected chi connectivity index (χ4v) is 4.83. The molecule has 0 spiro atoms. The van der Waals surface area contributed by atoms with Gasteiger partial charge in [0.1, 0.15) is 11.3 Å². The lowest BCUT2D eigenvalue weighted by molar-refractivity contribution is 0.229. The van der Waals surface area contributed by atoms with Crippen LogP contribution in [0, 0.1) is 0 Å². The first-order chi connectivity index (χ1) is 14.9. The lowest BCUT2D eigenvalue weighted by atomic mass is 10.0. The number of amides is 2. The number of benzene rings is 1. The van der Waals surface area contributed by atoms with Crippen LogP contribution in [0.25, 0.3) is 11.1 Å². The van der Waals surface area contributed by atoms with Crippen molar-refractivity contribution in [2.45, 2.75) is 52.2 Å². The number of ether oxygens (including phenoxy) is 1. The second kappa shape index (κ2) is 8.72. The maximum Gasteiger partial charge on any atom is 0.321 e. The maximum atomic E-state index is 12.1. The number of carbonyl (C=O) groups is 1. The molecule has 9 nitrogen and oxygen atoms in total. The molecule has 3 aromatic rings. The Balaban J connectivity index is 1.57. The van der Waals surface area contributed by atoms with E-state index in [9.17, 15) is 4.79 Å². The number of aliphatic hydroxyl groups excluding tert-OH is 1. The molecule has 0 radical (unpaired) electrons. The van der Waals surface area contributed by atoms with Crippen LogP contribution < -0.4 is 20.3 Å². The van der Waals surface area contributed by atoms with Gasteiger partial charge in [-0.15, -0.1) is 0 Å². The predicted molar refractivity (Wildman–Crippen MR) is 120 cm³/mol. The number of rotatable bonds is 6. The number of thiazole rings is 1. The van der Waals surface area contributed by atoms with Crippen LogP contribution in [-0.4, -0.2) is 46.4 Å². The van der Waals surface area contributed by atoms with Crippen molar-refractivity contribution in [2.75, 3.05) is 23.4 Å². The number of aromatic nitrogens is 2. The van der Waals surface area contributed by atoms with Crippen molar-refractivity contribution in [1.29, 1.82) is 0 Å². The zero-order chi connectivity index (χ0) is 22.1. The highest BCUT2D eigenvalue weighted by Crippen LogP contribution is 2.41. The van der Waals surface area contributed by atoms with Crippen LogP contribution >= 0.6 is 11.3 Å². The fraction of sp³-hybridized carbons (Fsp3) is 0.476. The van der Waals surface area contributed by atoms with E-state index in [1.165, 1.54) is 11.3 Å². The van der Waals surface area contributed by atoms with E-state index in [2.05, 4.69) is 34.4 Å². The van der Waals surface area contributed by atoms with Crippen LogP contribution in [-0.2, 0) is 6.42 Å². The van der Waals surface area contributed by atoms with Gasteiger partial charge < -0.3 is 24.5 Å². The minimum atomic E-state index is -0.380. The number of oxazole rings is 1. The molecule has 0 fully saturated rings. The summed E-state index contributed by atoms with van der Waals surface area (Å²) >= 11 is 1.45. The van der Waals surface area contributed by atoms with Gasteiger partial charge in [-0.25, -0.2) is 9.78 Å². The summed E-state index contributed by atoms with van der Waals surface area (Å²) in [5.41, 5.74) is 2.44. The Morgan fingerprint density at radius 3 is 2.97 bits per heavy atom. The molecular formula is C21H27N5O4S. The summed E-state index contributed by atoms with van der Waals surface area (Å²) < 4.78 is 11.6. The van der Waals surface area contributed by atoms with E-state index in [4.69, 9.17) is 19.2 Å². The number of fused-ring (bicyclic) bond motifs is 2. The molecule has 0 saturated carbocycles. The Kier molecular flexibility index (Phi) is 6.01. The van der Waals surface area contributed by atoms with Crippen molar-refractivity contribution in [2.24, 2.45) is 0 Å². The number of hydrogen-bond donors (Lipinski definition) is 3. The normalized spacial score (nSPS) is 19.2. The standard InChI is InChI=1S/C21H27N5O4S/c1-5-29-14-6-7-17-15(9-14)24-21(30-17)26-12(3)8-16-18(13(26)4)31-20(23-16)25-19(28)22-11(2)10-27/h6-7,9,11-13,27H,5,8,10H2,1-4H3,(H2,22,23,25,28)/t11-,12-,13+/m1/s1. The molecule has 10 heteroatoms. The number of nitrogens with zero attached hydrogens (tertiary/aromatic N) is 3. The number of carbonyl (C=O) groups excluding carboxylic acids is 1. The molecule has 3 heterocycles. The second-order valence-corrected chi connectivity index (χ2v) is 8.74. The van der Waals surface area contributed by atoms with Crippen molar-refractivity contribution >= 4 is 39.6 Å². The van der Waals surface area contributed by atoms with Gasteiger partial charge in [0.25, 0.3) is 6.01 Å². The second-order valence-electron chi connectivity index (χ2n) is 7.71. The van der Waals surface area contributed by atoms with Crippen LogP contribution in [0.2, 0.25) is 0 Å². The van der Waals surface area contributed by atoms with E-state index in [-0.39, 0.29) is 30.8 Å². The van der Waals surface area contributed by atoms with Crippen LogP contribution in [0.5, 0.6) is 5.75 Å². The van der Waals surface area contributed by atoms with Crippen molar-refractivity contribution < 1.29 is 19.1 Å². The zero-order valence-corrected chi connectivity index (χ0v) is 18.8. The van der Waals surface area contributed by atoms with Gasteiger partial charge >= 0.3 is 6.03 Å². The third-order valence-corrected chi connectivity index (χ3v) is 6.42. The van der Waals surface area contributed by atoms with Gasteiger partial charge in [-0.2, -0.15) is 4.98 Å². The largest absolute Gasteiger partial charge is 0.494 e. The van der Waals surface area contributed by atoms with Crippen LogP contribution in [0.3, 0.4) is 0 Å². The Hall–Kier alpha value is -2.85. The average Bonchev–Trinajstić information content (AvgIpc) is 3.31. The predicted octanol–water partition coefficient (Wildman–Crippen LogP) is 3.70. The van der Waals surface area contributed by atoms with Gasteiger partial charge in [-0.1, -0.05) is 11.3 Å². The summed E-state index contributed by atoms with van der Waals surface area (Å²) in [6, 6.07) is 5.61. The Labute approximate surface area is 184 Å². The molecule has 31 heavy (non-hydrogen) atoms. The summed E-state index contributed by atoms with van der Waals surface area (Å²) in [5, 5.41) is 15.1. The number of aliphatic hydroxyl groups is 1. The highest BCUT2D eigenvalue weighted by atomic mass is 32.1. The minimum Gasteiger partial charge on any atom is -0.494 e. The van der Waals surface area contributed by atoms with E-state index in [0.717, 1.165) is 28.3 Å². The number of anilines is 2.